The summed E-state index contributed by atoms with van der Waals surface area (Å²) in [7, 11) is 1.47. The molecule has 2 unspecified atom stereocenters. The lowest BCUT2D eigenvalue weighted by atomic mass is 10.0. The molecule has 0 aliphatic carbocycles. The number of amides is 2. The average molecular weight is 315 g/mol. The molecule has 0 saturated carbocycles. The molecule has 1 fully saturated rings. The standard InChI is InChI=1S/C13H15ClN2O5/c1-20-11-3-2-7(14)4-9(11)15-13(19)16-10-6-21-5-8(10)12(17)18/h2-4,8,10H,5-6H2,1H3,(H,17,18)(H2,15,16,19). The summed E-state index contributed by atoms with van der Waals surface area (Å²) in [6.45, 7) is 0.248. The highest BCUT2D eigenvalue weighted by Crippen LogP contribution is 2.27. The third-order valence-corrected chi connectivity index (χ3v) is 3.36. The highest BCUT2D eigenvalue weighted by atomic mass is 35.5. The molecule has 0 bridgehead atoms. The number of benzene rings is 1. The van der Waals surface area contributed by atoms with E-state index < -0.39 is 24.0 Å². The fourth-order valence-electron chi connectivity index (χ4n) is 2.04. The molecule has 1 aliphatic heterocycles. The lowest BCUT2D eigenvalue weighted by Crippen LogP contribution is -2.44. The zero-order chi connectivity index (χ0) is 15.4. The minimum atomic E-state index is -1.00. The van der Waals surface area contributed by atoms with Gasteiger partial charge in [0.2, 0.25) is 0 Å². The van der Waals surface area contributed by atoms with Crippen LogP contribution in [-0.2, 0) is 9.53 Å². The Morgan fingerprint density at radius 2 is 2.19 bits per heavy atom. The number of halogens is 1. The molecule has 114 valence electrons. The van der Waals surface area contributed by atoms with Crippen molar-refractivity contribution in [3.63, 3.8) is 0 Å². The molecule has 1 aromatic carbocycles. The molecule has 1 aromatic rings. The Morgan fingerprint density at radius 1 is 1.43 bits per heavy atom. The summed E-state index contributed by atoms with van der Waals surface area (Å²) in [6.07, 6.45) is 0. The maximum Gasteiger partial charge on any atom is 0.319 e. The SMILES string of the molecule is COc1ccc(Cl)cc1NC(=O)NC1COCC1C(=O)O. The maximum absolute atomic E-state index is 11.9. The molecule has 0 aromatic heterocycles. The van der Waals surface area contributed by atoms with E-state index >= 15 is 0 Å². The molecule has 2 rings (SSSR count). The lowest BCUT2D eigenvalue weighted by Gasteiger charge is -2.17. The molecule has 0 spiro atoms. The minimum Gasteiger partial charge on any atom is -0.495 e. The van der Waals surface area contributed by atoms with Gasteiger partial charge in [-0.2, -0.15) is 0 Å². The number of nitrogens with one attached hydrogen (secondary N) is 2. The van der Waals surface area contributed by atoms with E-state index in [0.717, 1.165) is 0 Å². The minimum absolute atomic E-state index is 0.0841. The van der Waals surface area contributed by atoms with E-state index in [2.05, 4.69) is 10.6 Å². The van der Waals surface area contributed by atoms with Gasteiger partial charge in [-0.05, 0) is 18.2 Å². The van der Waals surface area contributed by atoms with Gasteiger partial charge in [0.25, 0.3) is 0 Å². The van der Waals surface area contributed by atoms with Gasteiger partial charge in [0, 0.05) is 5.02 Å². The maximum atomic E-state index is 11.9. The van der Waals surface area contributed by atoms with Gasteiger partial charge in [0.1, 0.15) is 11.7 Å². The third-order valence-electron chi connectivity index (χ3n) is 3.12. The van der Waals surface area contributed by atoms with Crippen LogP contribution in [0.4, 0.5) is 10.5 Å². The van der Waals surface area contributed by atoms with Crippen molar-refractivity contribution in [2.24, 2.45) is 5.92 Å². The smallest absolute Gasteiger partial charge is 0.319 e. The van der Waals surface area contributed by atoms with Crippen molar-refractivity contribution < 1.29 is 24.2 Å². The number of methoxy groups -OCH3 is 1. The molecule has 2 amide bonds. The van der Waals surface area contributed by atoms with E-state index in [1.807, 2.05) is 0 Å². The Labute approximate surface area is 126 Å². The van der Waals surface area contributed by atoms with E-state index in [-0.39, 0.29) is 13.2 Å². The molecule has 1 heterocycles. The molecule has 8 heteroatoms. The van der Waals surface area contributed by atoms with E-state index in [1.165, 1.54) is 7.11 Å². The van der Waals surface area contributed by atoms with Crippen molar-refractivity contribution >= 4 is 29.3 Å². The molecule has 3 N–H and O–H groups in total. The fraction of sp³-hybridized carbons (Fsp3) is 0.385. The highest BCUT2D eigenvalue weighted by molar-refractivity contribution is 6.31. The molecule has 1 saturated heterocycles. The summed E-state index contributed by atoms with van der Waals surface area (Å²) in [6, 6.07) is 3.68. The zero-order valence-electron chi connectivity index (χ0n) is 11.3. The van der Waals surface area contributed by atoms with Crippen LogP contribution < -0.4 is 15.4 Å². The van der Waals surface area contributed by atoms with Gasteiger partial charge >= 0.3 is 12.0 Å². The van der Waals surface area contributed by atoms with Gasteiger partial charge in [-0.25, -0.2) is 4.79 Å². The van der Waals surface area contributed by atoms with Gasteiger partial charge < -0.3 is 25.2 Å². The van der Waals surface area contributed by atoms with Crippen LogP contribution in [0.5, 0.6) is 5.75 Å². The number of carbonyl (C=O) groups excluding carboxylic acids is 1. The number of anilines is 1. The summed E-state index contributed by atoms with van der Waals surface area (Å²) in [4.78, 5) is 23.0. The normalized spacial score (nSPS) is 20.9. The number of urea groups is 1. The third kappa shape index (κ3) is 3.77. The first-order valence-corrected chi connectivity index (χ1v) is 6.60. The number of hydrogen-bond acceptors (Lipinski definition) is 4. The van der Waals surface area contributed by atoms with Gasteiger partial charge in [-0.1, -0.05) is 11.6 Å². The van der Waals surface area contributed by atoms with Crippen LogP contribution in [0.2, 0.25) is 5.02 Å². The molecule has 2 atom stereocenters. The van der Waals surface area contributed by atoms with E-state index in [9.17, 15) is 9.59 Å². The molecular weight excluding hydrogens is 300 g/mol. The van der Waals surface area contributed by atoms with Crippen molar-refractivity contribution in [1.82, 2.24) is 5.32 Å². The van der Waals surface area contributed by atoms with E-state index in [4.69, 9.17) is 26.2 Å². The van der Waals surface area contributed by atoms with Crippen LogP contribution in [0.3, 0.4) is 0 Å². The molecule has 7 nitrogen and oxygen atoms in total. The van der Waals surface area contributed by atoms with Crippen LogP contribution in [0, 0.1) is 5.92 Å². The Bertz CT molecular complexity index is 551. The second-order valence-electron chi connectivity index (χ2n) is 4.53. The number of carbonyl (C=O) groups is 2. The summed E-state index contributed by atoms with van der Waals surface area (Å²) in [5, 5.41) is 14.6. The number of carboxylic acid groups (broad SMARTS) is 1. The number of hydrogen-bond donors (Lipinski definition) is 3. The zero-order valence-corrected chi connectivity index (χ0v) is 12.0. The Morgan fingerprint density at radius 3 is 2.86 bits per heavy atom. The van der Waals surface area contributed by atoms with Crippen molar-refractivity contribution in [1.29, 1.82) is 0 Å². The lowest BCUT2D eigenvalue weighted by molar-refractivity contribution is -0.142. The topological polar surface area (TPSA) is 96.9 Å². The Kier molecular flexibility index (Phi) is 4.87. The van der Waals surface area contributed by atoms with Crippen molar-refractivity contribution in [2.45, 2.75) is 6.04 Å². The molecular formula is C13H15ClN2O5. The molecule has 1 aliphatic rings. The number of ether oxygens (including phenoxy) is 2. The second-order valence-corrected chi connectivity index (χ2v) is 4.97. The first kappa shape index (κ1) is 15.4. The largest absolute Gasteiger partial charge is 0.495 e. The number of carboxylic acids is 1. The van der Waals surface area contributed by atoms with Gasteiger partial charge in [0.15, 0.2) is 0 Å². The van der Waals surface area contributed by atoms with Crippen LogP contribution >= 0.6 is 11.6 Å². The molecule has 21 heavy (non-hydrogen) atoms. The van der Waals surface area contributed by atoms with Crippen LogP contribution in [0.15, 0.2) is 18.2 Å². The van der Waals surface area contributed by atoms with Crippen molar-refractivity contribution in [2.75, 3.05) is 25.6 Å². The van der Waals surface area contributed by atoms with Gasteiger partial charge in [-0.15, -0.1) is 0 Å². The van der Waals surface area contributed by atoms with Crippen LogP contribution in [0.25, 0.3) is 0 Å². The Hall–Kier alpha value is -1.99. The van der Waals surface area contributed by atoms with Gasteiger partial charge in [-0.3, -0.25) is 4.79 Å². The second kappa shape index (κ2) is 6.64. The summed E-state index contributed by atoms with van der Waals surface area (Å²) >= 11 is 5.87. The molecule has 0 radical (unpaired) electrons. The first-order chi connectivity index (χ1) is 10.0. The van der Waals surface area contributed by atoms with E-state index in [0.29, 0.717) is 16.5 Å². The Balaban J connectivity index is 2.02. The average Bonchev–Trinajstić information content (AvgIpc) is 2.87. The first-order valence-electron chi connectivity index (χ1n) is 6.23. The van der Waals surface area contributed by atoms with Crippen LogP contribution in [-0.4, -0.2) is 43.5 Å². The summed E-state index contributed by atoms with van der Waals surface area (Å²) < 4.78 is 10.2. The highest BCUT2D eigenvalue weighted by Gasteiger charge is 2.35. The number of aliphatic carboxylic acids is 1. The predicted octanol–water partition coefficient (Wildman–Crippen LogP) is 1.57. The fourth-order valence-corrected chi connectivity index (χ4v) is 2.22. The van der Waals surface area contributed by atoms with Crippen LogP contribution in [0.1, 0.15) is 0 Å². The van der Waals surface area contributed by atoms with Crippen molar-refractivity contribution in [3.8, 4) is 5.75 Å². The van der Waals surface area contributed by atoms with Gasteiger partial charge in [0.05, 0.1) is 32.1 Å². The quantitative estimate of drug-likeness (QED) is 0.784. The van der Waals surface area contributed by atoms with E-state index in [1.54, 1.807) is 18.2 Å². The van der Waals surface area contributed by atoms with Crippen molar-refractivity contribution in [3.05, 3.63) is 23.2 Å². The predicted molar refractivity (Wildman–Crippen MR) is 75.9 cm³/mol. The number of rotatable bonds is 4. The summed E-state index contributed by atoms with van der Waals surface area (Å²) in [5.74, 6) is -1.30. The monoisotopic (exact) mass is 314 g/mol. The summed E-state index contributed by atoms with van der Waals surface area (Å²) in [5.41, 5.74) is 0.397.